The van der Waals surface area contributed by atoms with Gasteiger partial charge in [-0.25, -0.2) is 9.78 Å². The van der Waals surface area contributed by atoms with Crippen LogP contribution in [-0.2, 0) is 4.74 Å². The van der Waals surface area contributed by atoms with Crippen molar-refractivity contribution < 1.29 is 14.3 Å². The van der Waals surface area contributed by atoms with Crippen molar-refractivity contribution in [3.05, 3.63) is 35.6 Å². The van der Waals surface area contributed by atoms with Crippen LogP contribution in [0.15, 0.2) is 29.9 Å². The number of nitrogens with zero attached hydrogens (tertiary/aromatic N) is 3. The molecule has 0 saturated carbocycles. The van der Waals surface area contributed by atoms with Gasteiger partial charge in [-0.15, -0.1) is 11.3 Å². The number of carbonyl (C=O) groups is 1. The summed E-state index contributed by atoms with van der Waals surface area (Å²) in [5, 5.41) is 2.60. The van der Waals surface area contributed by atoms with Crippen LogP contribution in [0, 0.1) is 0 Å². The molecular formula is C16H19N3O3S. The predicted molar refractivity (Wildman–Crippen MR) is 88.2 cm³/mol. The summed E-state index contributed by atoms with van der Waals surface area (Å²) < 4.78 is 10.6. The first kappa shape index (κ1) is 15.7. The fourth-order valence-electron chi connectivity index (χ4n) is 2.65. The smallest absolute Gasteiger partial charge is 0.357 e. The average molecular weight is 333 g/mol. The Morgan fingerprint density at radius 3 is 3.17 bits per heavy atom. The molecule has 1 saturated heterocycles. The molecule has 1 unspecified atom stereocenters. The second-order valence-electron chi connectivity index (χ2n) is 5.35. The highest BCUT2D eigenvalue weighted by molar-refractivity contribution is 7.13. The van der Waals surface area contributed by atoms with Gasteiger partial charge in [0.1, 0.15) is 12.4 Å². The Morgan fingerprint density at radius 1 is 1.48 bits per heavy atom. The van der Waals surface area contributed by atoms with Gasteiger partial charge in [-0.05, 0) is 31.4 Å². The van der Waals surface area contributed by atoms with Gasteiger partial charge < -0.3 is 14.4 Å². The molecule has 23 heavy (non-hydrogen) atoms. The quantitative estimate of drug-likeness (QED) is 0.784. The Morgan fingerprint density at radius 2 is 2.39 bits per heavy atom. The van der Waals surface area contributed by atoms with E-state index in [2.05, 4.69) is 14.9 Å². The lowest BCUT2D eigenvalue weighted by Gasteiger charge is -2.35. The fraction of sp³-hybridized carbons (Fsp3) is 0.438. The van der Waals surface area contributed by atoms with Crippen LogP contribution in [0.4, 0.5) is 5.13 Å². The lowest BCUT2D eigenvalue weighted by atomic mass is 10.0. The number of rotatable bonds is 5. The average Bonchev–Trinajstić information content (AvgIpc) is 3.10. The van der Waals surface area contributed by atoms with E-state index in [1.165, 1.54) is 24.9 Å². The maximum Gasteiger partial charge on any atom is 0.357 e. The van der Waals surface area contributed by atoms with Crippen molar-refractivity contribution in [1.29, 1.82) is 0 Å². The van der Waals surface area contributed by atoms with Gasteiger partial charge in [0.25, 0.3) is 0 Å². The number of pyridine rings is 1. The molecule has 2 aromatic heterocycles. The zero-order chi connectivity index (χ0) is 16.1. The van der Waals surface area contributed by atoms with Crippen LogP contribution in [0.25, 0.3) is 0 Å². The number of thiazole rings is 1. The molecule has 1 aliphatic heterocycles. The number of methoxy groups -OCH3 is 1. The number of piperidine rings is 1. The fourth-order valence-corrected chi connectivity index (χ4v) is 3.54. The minimum absolute atomic E-state index is 0.251. The summed E-state index contributed by atoms with van der Waals surface area (Å²) >= 11 is 1.47. The number of anilines is 1. The van der Waals surface area contributed by atoms with Crippen LogP contribution < -0.4 is 9.64 Å². The zero-order valence-electron chi connectivity index (χ0n) is 13.0. The Bertz CT molecular complexity index is 647. The van der Waals surface area contributed by atoms with Crippen LogP contribution in [0.1, 0.15) is 29.8 Å². The molecule has 7 heteroatoms. The van der Waals surface area contributed by atoms with E-state index in [1.807, 2.05) is 12.1 Å². The second-order valence-corrected chi connectivity index (χ2v) is 6.19. The van der Waals surface area contributed by atoms with Gasteiger partial charge in [0, 0.05) is 18.1 Å². The van der Waals surface area contributed by atoms with E-state index < -0.39 is 5.97 Å². The van der Waals surface area contributed by atoms with Crippen molar-refractivity contribution >= 4 is 22.4 Å². The minimum Gasteiger partial charge on any atom is -0.490 e. The topological polar surface area (TPSA) is 64.5 Å². The Hall–Kier alpha value is -2.15. The summed E-state index contributed by atoms with van der Waals surface area (Å²) in [6.07, 6.45) is 6.78. The molecule has 0 aliphatic carbocycles. The van der Waals surface area contributed by atoms with E-state index in [4.69, 9.17) is 9.47 Å². The van der Waals surface area contributed by atoms with Gasteiger partial charge in [-0.2, -0.15) is 0 Å². The molecule has 122 valence electrons. The normalized spacial score (nSPS) is 17.8. The molecule has 0 N–H and O–H groups in total. The number of aromatic nitrogens is 2. The highest BCUT2D eigenvalue weighted by Crippen LogP contribution is 2.28. The maximum absolute atomic E-state index is 11.6. The highest BCUT2D eigenvalue weighted by Gasteiger charge is 2.26. The summed E-state index contributed by atoms with van der Waals surface area (Å²) in [6.45, 7) is 1.51. The zero-order valence-corrected chi connectivity index (χ0v) is 13.8. The number of esters is 1. The Kier molecular flexibility index (Phi) is 5.07. The van der Waals surface area contributed by atoms with Crippen LogP contribution in [0.5, 0.6) is 5.75 Å². The van der Waals surface area contributed by atoms with Crippen LogP contribution in [-0.4, -0.2) is 42.2 Å². The molecule has 3 rings (SSSR count). The van der Waals surface area contributed by atoms with Crippen LogP contribution in [0.2, 0.25) is 0 Å². The monoisotopic (exact) mass is 333 g/mol. The third-order valence-electron chi connectivity index (χ3n) is 3.84. The van der Waals surface area contributed by atoms with Crippen molar-refractivity contribution in [3.8, 4) is 5.75 Å². The van der Waals surface area contributed by atoms with E-state index in [0.29, 0.717) is 12.3 Å². The Labute approximate surface area is 139 Å². The van der Waals surface area contributed by atoms with Crippen LogP contribution in [0.3, 0.4) is 0 Å². The van der Waals surface area contributed by atoms with Gasteiger partial charge in [-0.3, -0.25) is 4.98 Å². The molecule has 1 aliphatic rings. The van der Waals surface area contributed by atoms with Gasteiger partial charge in [-0.1, -0.05) is 0 Å². The van der Waals surface area contributed by atoms with E-state index in [0.717, 1.165) is 30.3 Å². The highest BCUT2D eigenvalue weighted by atomic mass is 32.1. The van der Waals surface area contributed by atoms with Crippen molar-refractivity contribution in [2.24, 2.45) is 0 Å². The van der Waals surface area contributed by atoms with Crippen molar-refractivity contribution in [3.63, 3.8) is 0 Å². The molecule has 3 heterocycles. The van der Waals surface area contributed by atoms with Gasteiger partial charge in [0.15, 0.2) is 10.8 Å². The predicted octanol–water partition coefficient (Wildman–Crippen LogP) is 2.76. The summed E-state index contributed by atoms with van der Waals surface area (Å²) in [7, 11) is 1.37. The second kappa shape index (κ2) is 7.41. The molecule has 1 fully saturated rings. The Balaban J connectivity index is 1.68. The van der Waals surface area contributed by atoms with Crippen molar-refractivity contribution in [1.82, 2.24) is 9.97 Å². The first-order valence-electron chi connectivity index (χ1n) is 7.61. The third kappa shape index (κ3) is 3.79. The molecule has 0 amide bonds. The van der Waals surface area contributed by atoms with Gasteiger partial charge >= 0.3 is 5.97 Å². The van der Waals surface area contributed by atoms with E-state index in [9.17, 15) is 4.79 Å². The maximum atomic E-state index is 11.6. The molecule has 0 radical (unpaired) electrons. The molecule has 6 nitrogen and oxygen atoms in total. The third-order valence-corrected chi connectivity index (χ3v) is 4.71. The number of hydrogen-bond acceptors (Lipinski definition) is 7. The van der Waals surface area contributed by atoms with E-state index in [-0.39, 0.29) is 6.04 Å². The molecular weight excluding hydrogens is 314 g/mol. The van der Waals surface area contributed by atoms with E-state index in [1.54, 1.807) is 17.8 Å². The van der Waals surface area contributed by atoms with Gasteiger partial charge in [0.2, 0.25) is 0 Å². The molecule has 0 bridgehead atoms. The summed E-state index contributed by atoms with van der Waals surface area (Å²) in [4.78, 5) is 22.3. The summed E-state index contributed by atoms with van der Waals surface area (Å²) in [5.74, 6) is 0.375. The SMILES string of the molecule is COC(=O)c1csc(N2CCCCC2COc2cccnc2)n1. The summed E-state index contributed by atoms with van der Waals surface area (Å²) in [6, 6.07) is 4.01. The standard InChI is InChI=1S/C16H19N3O3S/c1-21-15(20)14-11-23-16(18-14)19-8-3-2-5-12(19)10-22-13-6-4-7-17-9-13/h4,6-7,9,11-12H,2-3,5,8,10H2,1H3. The van der Waals surface area contributed by atoms with Crippen molar-refractivity contribution in [2.75, 3.05) is 25.2 Å². The minimum atomic E-state index is -0.396. The molecule has 2 aromatic rings. The van der Waals surface area contributed by atoms with E-state index >= 15 is 0 Å². The number of hydrogen-bond donors (Lipinski definition) is 0. The largest absolute Gasteiger partial charge is 0.490 e. The first-order valence-corrected chi connectivity index (χ1v) is 8.49. The number of ether oxygens (including phenoxy) is 2. The molecule has 0 spiro atoms. The summed E-state index contributed by atoms with van der Waals surface area (Å²) in [5.41, 5.74) is 0.366. The van der Waals surface area contributed by atoms with Crippen molar-refractivity contribution in [2.45, 2.75) is 25.3 Å². The first-order chi connectivity index (χ1) is 11.3. The number of carbonyl (C=O) groups excluding carboxylic acids is 1. The van der Waals surface area contributed by atoms with Crippen LogP contribution >= 0.6 is 11.3 Å². The molecule has 0 aromatic carbocycles. The lowest BCUT2D eigenvalue weighted by molar-refractivity contribution is 0.0595. The van der Waals surface area contributed by atoms with Gasteiger partial charge in [0.05, 0.1) is 19.3 Å². The molecule has 1 atom stereocenters. The lowest BCUT2D eigenvalue weighted by Crippen LogP contribution is -2.43.